The number of nitrogens with zero attached hydrogens (tertiary/aromatic N) is 3. The molecule has 0 aliphatic heterocycles. The fraction of sp³-hybridized carbons (Fsp3) is 0.0769. The Hall–Kier alpha value is -3.99. The van der Waals surface area contributed by atoms with Gasteiger partial charge in [0.2, 0.25) is 5.82 Å². The smallest absolute Gasteiger partial charge is 0.344 e. The molecule has 0 radical (unpaired) electrons. The highest BCUT2D eigenvalue weighted by Crippen LogP contribution is 2.27. The van der Waals surface area contributed by atoms with Gasteiger partial charge in [-0.2, -0.15) is 9.78 Å². The summed E-state index contributed by atoms with van der Waals surface area (Å²) in [5.74, 6) is 0.108. The quantitative estimate of drug-likeness (QED) is 0.220. The van der Waals surface area contributed by atoms with Crippen LogP contribution in [0.3, 0.4) is 0 Å². The third-order valence-corrected chi connectivity index (χ3v) is 6.17. The van der Waals surface area contributed by atoms with E-state index in [2.05, 4.69) is 32.7 Å². The summed E-state index contributed by atoms with van der Waals surface area (Å²) in [4.78, 5) is 29.1. The summed E-state index contributed by atoms with van der Waals surface area (Å²) < 4.78 is 13.4. The molecule has 1 N–H and O–H groups in total. The molecule has 8 nitrogen and oxygen atoms in total. The second-order valence-corrected chi connectivity index (χ2v) is 8.91. The zero-order valence-electron chi connectivity index (χ0n) is 18.4. The summed E-state index contributed by atoms with van der Waals surface area (Å²) in [7, 11) is 0. The van der Waals surface area contributed by atoms with Crippen LogP contribution in [0.15, 0.2) is 87.1 Å². The van der Waals surface area contributed by atoms with Crippen molar-refractivity contribution in [2.45, 2.75) is 13.0 Å². The van der Waals surface area contributed by atoms with Crippen molar-refractivity contribution in [3.8, 4) is 17.3 Å². The van der Waals surface area contributed by atoms with Crippen LogP contribution in [0, 0.1) is 3.57 Å². The first kappa shape index (κ1) is 22.8. The summed E-state index contributed by atoms with van der Waals surface area (Å²) in [6.07, 6.45) is 0.563. The van der Waals surface area contributed by atoms with Gasteiger partial charge in [0.25, 0.3) is 5.56 Å². The molecule has 0 saturated heterocycles. The van der Waals surface area contributed by atoms with Gasteiger partial charge in [0.1, 0.15) is 11.3 Å². The van der Waals surface area contributed by atoms with Crippen LogP contribution in [0.25, 0.3) is 33.5 Å². The molecule has 5 aromatic rings. The summed E-state index contributed by atoms with van der Waals surface area (Å²) in [6, 6.07) is 21.7. The first-order valence-corrected chi connectivity index (χ1v) is 11.7. The van der Waals surface area contributed by atoms with Crippen LogP contribution in [0.1, 0.15) is 12.5 Å². The number of aliphatic carboxylic acids is 1. The molecule has 0 fully saturated rings. The summed E-state index contributed by atoms with van der Waals surface area (Å²) in [6.45, 7) is 1.46. The molecule has 0 bridgehead atoms. The van der Waals surface area contributed by atoms with E-state index in [1.54, 1.807) is 36.4 Å². The van der Waals surface area contributed by atoms with E-state index < -0.39 is 12.1 Å². The largest absolute Gasteiger partial charge is 0.479 e. The number of para-hydroxylation sites is 2. The van der Waals surface area contributed by atoms with E-state index in [9.17, 15) is 9.59 Å². The van der Waals surface area contributed by atoms with Gasteiger partial charge in [0.15, 0.2) is 11.9 Å². The second-order valence-electron chi connectivity index (χ2n) is 7.75. The van der Waals surface area contributed by atoms with E-state index in [0.717, 1.165) is 5.39 Å². The van der Waals surface area contributed by atoms with E-state index in [0.29, 0.717) is 37.1 Å². The Kier molecular flexibility index (Phi) is 6.08. The lowest BCUT2D eigenvalue weighted by Crippen LogP contribution is -2.23. The molecule has 9 heteroatoms. The molecule has 0 aliphatic rings. The average Bonchev–Trinajstić information content (AvgIpc) is 3.29. The number of carboxylic acids is 1. The molecule has 174 valence electrons. The molecule has 35 heavy (non-hydrogen) atoms. The molecule has 5 rings (SSSR count). The molecule has 1 atom stereocenters. The molecule has 2 aromatic heterocycles. The van der Waals surface area contributed by atoms with Crippen molar-refractivity contribution in [3.05, 3.63) is 92.3 Å². The van der Waals surface area contributed by atoms with E-state index in [-0.39, 0.29) is 11.4 Å². The third kappa shape index (κ3) is 4.54. The van der Waals surface area contributed by atoms with Crippen molar-refractivity contribution < 1.29 is 19.1 Å². The number of hydrogen-bond donors (Lipinski definition) is 1. The second kappa shape index (κ2) is 9.34. The van der Waals surface area contributed by atoms with Crippen LogP contribution in [0.2, 0.25) is 0 Å². The van der Waals surface area contributed by atoms with Gasteiger partial charge < -0.3 is 14.3 Å². The molecule has 3 aromatic carbocycles. The predicted octanol–water partition coefficient (Wildman–Crippen LogP) is 5.15. The Balaban J connectivity index is 1.59. The number of ether oxygens (including phenoxy) is 1. The van der Waals surface area contributed by atoms with Gasteiger partial charge in [-0.05, 0) is 77.5 Å². The number of rotatable bonds is 6. The van der Waals surface area contributed by atoms with Crippen LogP contribution in [-0.4, -0.2) is 33.1 Å². The van der Waals surface area contributed by atoms with Gasteiger partial charge in [-0.15, -0.1) is 0 Å². The van der Waals surface area contributed by atoms with Gasteiger partial charge in [-0.1, -0.05) is 30.3 Å². The lowest BCUT2D eigenvalue weighted by atomic mass is 10.2. The third-order valence-electron chi connectivity index (χ3n) is 5.33. The Bertz CT molecular complexity index is 1640. The first-order valence-electron chi connectivity index (χ1n) is 10.6. The number of benzene rings is 3. The van der Waals surface area contributed by atoms with Crippen molar-refractivity contribution in [2.75, 3.05) is 0 Å². The standard InChI is InChI=1S/C26H18IN3O5/c1-15(26(32)33)34-22-11-10-16(12-19(22)27)14-28-30-24(23-13-17-6-2-5-9-21(17)35-23)29-20-8-4-3-7-18(20)25(30)31/h2-15H,1H3,(H,32,33)/t15-/m0/s1. The normalized spacial score (nSPS) is 12.4. The van der Waals surface area contributed by atoms with Crippen molar-refractivity contribution in [2.24, 2.45) is 5.10 Å². The first-order chi connectivity index (χ1) is 16.9. The molecular weight excluding hydrogens is 561 g/mol. The predicted molar refractivity (Wildman–Crippen MR) is 141 cm³/mol. The Morgan fingerprint density at radius 3 is 2.69 bits per heavy atom. The number of furan rings is 1. The summed E-state index contributed by atoms with van der Waals surface area (Å²) in [5, 5.41) is 14.8. The van der Waals surface area contributed by atoms with Crippen molar-refractivity contribution in [1.82, 2.24) is 9.66 Å². The molecule has 0 spiro atoms. The topological polar surface area (TPSA) is 107 Å². The number of halogens is 1. The SMILES string of the molecule is C[C@H](Oc1ccc(C=Nn2c(-c3cc4ccccc4o3)nc3ccccc3c2=O)cc1I)C(=O)O. The van der Waals surface area contributed by atoms with Crippen molar-refractivity contribution in [3.63, 3.8) is 0 Å². The fourth-order valence-electron chi connectivity index (χ4n) is 3.54. The van der Waals surface area contributed by atoms with E-state index in [1.807, 2.05) is 36.4 Å². The van der Waals surface area contributed by atoms with Gasteiger partial charge in [0.05, 0.1) is 20.7 Å². The van der Waals surface area contributed by atoms with Gasteiger partial charge in [-0.25, -0.2) is 9.78 Å². The highest BCUT2D eigenvalue weighted by atomic mass is 127. The number of aromatic nitrogens is 2. The maximum absolute atomic E-state index is 13.4. The van der Waals surface area contributed by atoms with Crippen LogP contribution >= 0.6 is 22.6 Å². The average molecular weight is 579 g/mol. The van der Waals surface area contributed by atoms with E-state index >= 15 is 0 Å². The molecule has 0 saturated carbocycles. The minimum Gasteiger partial charge on any atom is -0.479 e. The van der Waals surface area contributed by atoms with E-state index in [1.165, 1.54) is 17.8 Å². The zero-order chi connectivity index (χ0) is 24.5. The van der Waals surface area contributed by atoms with Crippen LogP contribution < -0.4 is 10.3 Å². The van der Waals surface area contributed by atoms with Crippen molar-refractivity contribution >= 4 is 56.6 Å². The van der Waals surface area contributed by atoms with Crippen molar-refractivity contribution in [1.29, 1.82) is 0 Å². The van der Waals surface area contributed by atoms with Crippen LogP contribution in [0.4, 0.5) is 0 Å². The summed E-state index contributed by atoms with van der Waals surface area (Å²) in [5.41, 5.74) is 1.59. The van der Waals surface area contributed by atoms with Gasteiger partial charge in [-0.3, -0.25) is 4.79 Å². The molecule has 0 amide bonds. The van der Waals surface area contributed by atoms with Gasteiger partial charge >= 0.3 is 5.97 Å². The van der Waals surface area contributed by atoms with Gasteiger partial charge in [0, 0.05) is 5.39 Å². The number of carboxylic acid groups (broad SMARTS) is 1. The Morgan fingerprint density at radius 1 is 1.14 bits per heavy atom. The zero-order valence-corrected chi connectivity index (χ0v) is 20.5. The fourth-order valence-corrected chi connectivity index (χ4v) is 4.21. The van der Waals surface area contributed by atoms with E-state index in [4.69, 9.17) is 14.3 Å². The molecule has 0 unspecified atom stereocenters. The lowest BCUT2D eigenvalue weighted by molar-refractivity contribution is -0.144. The highest BCUT2D eigenvalue weighted by molar-refractivity contribution is 14.1. The Labute approximate surface area is 212 Å². The minimum absolute atomic E-state index is 0.283. The highest BCUT2D eigenvalue weighted by Gasteiger charge is 2.17. The van der Waals surface area contributed by atoms with Crippen LogP contribution in [0.5, 0.6) is 5.75 Å². The lowest BCUT2D eigenvalue weighted by Gasteiger charge is -2.12. The van der Waals surface area contributed by atoms with Crippen LogP contribution in [-0.2, 0) is 4.79 Å². The molecule has 2 heterocycles. The monoisotopic (exact) mass is 579 g/mol. The maximum Gasteiger partial charge on any atom is 0.344 e. The number of fused-ring (bicyclic) bond motifs is 2. The maximum atomic E-state index is 13.4. The number of carbonyl (C=O) groups is 1. The Morgan fingerprint density at radius 2 is 1.91 bits per heavy atom. The summed E-state index contributed by atoms with van der Waals surface area (Å²) >= 11 is 2.06. The minimum atomic E-state index is -1.05. The molecular formula is C26H18IN3O5. The molecule has 0 aliphatic carbocycles. The number of hydrogen-bond acceptors (Lipinski definition) is 6.